The van der Waals surface area contributed by atoms with Crippen molar-refractivity contribution in [3.63, 3.8) is 0 Å². The molecular weight excluding hydrogens is 318 g/mol. The first kappa shape index (κ1) is 18.9. The Hall–Kier alpha value is -2.44. The van der Waals surface area contributed by atoms with Gasteiger partial charge in [-0.15, -0.1) is 0 Å². The Balaban J connectivity index is 2.25. The van der Waals surface area contributed by atoms with Crippen molar-refractivity contribution in [2.45, 2.75) is 33.7 Å². The second kappa shape index (κ2) is 8.09. The number of hydrogen-bond acceptors (Lipinski definition) is 4. The maximum atomic E-state index is 12.8. The Morgan fingerprint density at radius 2 is 1.96 bits per heavy atom. The second-order valence-corrected chi connectivity index (χ2v) is 6.87. The van der Waals surface area contributed by atoms with Gasteiger partial charge in [0.1, 0.15) is 6.54 Å². The van der Waals surface area contributed by atoms with Crippen LogP contribution in [0.2, 0.25) is 0 Å². The van der Waals surface area contributed by atoms with Crippen LogP contribution in [0.1, 0.15) is 37.6 Å². The third-order valence-corrected chi connectivity index (χ3v) is 3.87. The summed E-state index contributed by atoms with van der Waals surface area (Å²) in [5, 5.41) is 5.19. The quantitative estimate of drug-likeness (QED) is 0.770. The molecule has 0 aliphatic rings. The van der Waals surface area contributed by atoms with Crippen molar-refractivity contribution in [3.05, 3.63) is 24.0 Å². The minimum Gasteiger partial charge on any atom is -0.347 e. The summed E-state index contributed by atoms with van der Waals surface area (Å²) in [6.07, 6.45) is 4.09. The Kier molecular flexibility index (Phi) is 6.12. The molecule has 0 atom stereocenters. The maximum absolute atomic E-state index is 12.8. The molecule has 0 unspecified atom stereocenters. The van der Waals surface area contributed by atoms with Gasteiger partial charge in [-0.25, -0.2) is 9.67 Å². The molecule has 0 N–H and O–H groups in total. The summed E-state index contributed by atoms with van der Waals surface area (Å²) in [5.41, 5.74) is 1.26. The Labute approximate surface area is 148 Å². The molecule has 2 rings (SSSR count). The van der Waals surface area contributed by atoms with Gasteiger partial charge in [0.25, 0.3) is 5.91 Å². The van der Waals surface area contributed by atoms with Crippen LogP contribution in [0, 0.1) is 5.92 Å². The SMILES string of the molecule is CCCN(CC(=O)N(C)C)C(=O)c1cnc2c(cnn2CC(C)C)c1. The molecule has 0 aliphatic heterocycles. The van der Waals surface area contributed by atoms with E-state index in [4.69, 9.17) is 0 Å². The van der Waals surface area contributed by atoms with Crippen LogP contribution in [-0.2, 0) is 11.3 Å². The van der Waals surface area contributed by atoms with Crippen molar-refractivity contribution in [3.8, 4) is 0 Å². The number of rotatable bonds is 7. The van der Waals surface area contributed by atoms with Crippen molar-refractivity contribution in [2.75, 3.05) is 27.2 Å². The lowest BCUT2D eigenvalue weighted by molar-refractivity contribution is -0.129. The smallest absolute Gasteiger partial charge is 0.255 e. The summed E-state index contributed by atoms with van der Waals surface area (Å²) < 4.78 is 1.85. The van der Waals surface area contributed by atoms with E-state index in [1.165, 1.54) is 4.90 Å². The van der Waals surface area contributed by atoms with Crippen molar-refractivity contribution < 1.29 is 9.59 Å². The fourth-order valence-corrected chi connectivity index (χ4v) is 2.58. The van der Waals surface area contributed by atoms with Gasteiger partial charge < -0.3 is 9.80 Å². The molecule has 25 heavy (non-hydrogen) atoms. The molecule has 0 spiro atoms. The van der Waals surface area contributed by atoms with Crippen LogP contribution < -0.4 is 0 Å². The molecule has 136 valence electrons. The zero-order valence-electron chi connectivity index (χ0n) is 15.7. The molecule has 7 nitrogen and oxygen atoms in total. The summed E-state index contributed by atoms with van der Waals surface area (Å²) in [5.74, 6) is 0.187. The number of likely N-dealkylation sites (N-methyl/N-ethyl adjacent to an activating group) is 1. The highest BCUT2D eigenvalue weighted by Gasteiger charge is 2.20. The highest BCUT2D eigenvalue weighted by atomic mass is 16.2. The first-order valence-corrected chi connectivity index (χ1v) is 8.64. The molecule has 0 aliphatic carbocycles. The molecule has 7 heteroatoms. The molecule has 0 bridgehead atoms. The topological polar surface area (TPSA) is 71.3 Å². The molecule has 2 aromatic heterocycles. The standard InChI is InChI=1S/C18H27N5O2/c1-6-7-22(12-16(24)21(4)5)18(25)15-8-14-10-20-23(11-13(2)3)17(14)19-9-15/h8-10,13H,6-7,11-12H2,1-5H3. The van der Waals surface area contributed by atoms with Crippen LogP contribution in [0.25, 0.3) is 11.0 Å². The van der Waals surface area contributed by atoms with Crippen LogP contribution in [0.5, 0.6) is 0 Å². The van der Waals surface area contributed by atoms with Gasteiger partial charge in [-0.1, -0.05) is 20.8 Å². The fraction of sp³-hybridized carbons (Fsp3) is 0.556. The number of amides is 2. The second-order valence-electron chi connectivity index (χ2n) is 6.87. The van der Waals surface area contributed by atoms with Gasteiger partial charge >= 0.3 is 0 Å². The average molecular weight is 345 g/mol. The first-order chi connectivity index (χ1) is 11.8. The largest absolute Gasteiger partial charge is 0.347 e. The van der Waals surface area contributed by atoms with Crippen molar-refractivity contribution >= 4 is 22.8 Å². The van der Waals surface area contributed by atoms with Crippen molar-refractivity contribution in [1.29, 1.82) is 0 Å². The van der Waals surface area contributed by atoms with E-state index < -0.39 is 0 Å². The lowest BCUT2D eigenvalue weighted by atomic mass is 10.2. The van der Waals surface area contributed by atoms with E-state index in [-0.39, 0.29) is 18.4 Å². The number of aromatic nitrogens is 3. The van der Waals surface area contributed by atoms with Crippen molar-refractivity contribution in [2.24, 2.45) is 5.92 Å². The van der Waals surface area contributed by atoms with E-state index in [0.29, 0.717) is 18.0 Å². The van der Waals surface area contributed by atoms with Crippen LogP contribution in [0.4, 0.5) is 0 Å². The molecule has 2 aromatic rings. The van der Waals surface area contributed by atoms with E-state index in [1.807, 2.05) is 11.6 Å². The number of pyridine rings is 1. The summed E-state index contributed by atoms with van der Waals surface area (Å²) in [4.78, 5) is 32.3. The summed E-state index contributed by atoms with van der Waals surface area (Å²) in [6.45, 7) is 7.61. The molecule has 2 heterocycles. The predicted molar refractivity (Wildman–Crippen MR) is 97.3 cm³/mol. The first-order valence-electron chi connectivity index (χ1n) is 8.64. The molecule has 0 fully saturated rings. The van der Waals surface area contributed by atoms with Gasteiger partial charge in [-0.2, -0.15) is 5.10 Å². The zero-order chi connectivity index (χ0) is 18.6. The monoisotopic (exact) mass is 345 g/mol. The highest BCUT2D eigenvalue weighted by molar-refractivity contribution is 5.98. The zero-order valence-corrected chi connectivity index (χ0v) is 15.7. The van der Waals surface area contributed by atoms with Crippen molar-refractivity contribution in [1.82, 2.24) is 24.6 Å². The average Bonchev–Trinajstić information content (AvgIpc) is 2.95. The molecule has 0 saturated heterocycles. The van der Waals surface area contributed by atoms with Crippen LogP contribution >= 0.6 is 0 Å². The van der Waals surface area contributed by atoms with Crippen LogP contribution in [0.3, 0.4) is 0 Å². The third kappa shape index (κ3) is 4.55. The minimum absolute atomic E-state index is 0.0737. The van der Waals surface area contributed by atoms with Gasteiger partial charge in [0.15, 0.2) is 5.65 Å². The van der Waals surface area contributed by atoms with Crippen LogP contribution in [0.15, 0.2) is 18.5 Å². The third-order valence-electron chi connectivity index (χ3n) is 3.87. The van der Waals surface area contributed by atoms with Gasteiger partial charge in [-0.3, -0.25) is 9.59 Å². The van der Waals surface area contributed by atoms with E-state index >= 15 is 0 Å². The minimum atomic E-state index is -0.178. The predicted octanol–water partition coefficient (Wildman–Crippen LogP) is 2.03. The van der Waals surface area contributed by atoms with Gasteiger partial charge in [0, 0.05) is 38.8 Å². The van der Waals surface area contributed by atoms with E-state index in [1.54, 1.807) is 37.5 Å². The Bertz CT molecular complexity index is 751. The molecule has 2 amide bonds. The van der Waals surface area contributed by atoms with Gasteiger partial charge in [0.05, 0.1) is 11.8 Å². The molecule has 0 radical (unpaired) electrons. The highest BCUT2D eigenvalue weighted by Crippen LogP contribution is 2.16. The Morgan fingerprint density at radius 1 is 1.24 bits per heavy atom. The lowest BCUT2D eigenvalue weighted by Crippen LogP contribution is -2.40. The number of nitrogens with zero attached hydrogens (tertiary/aromatic N) is 5. The number of carbonyl (C=O) groups excluding carboxylic acids is 2. The Morgan fingerprint density at radius 3 is 2.56 bits per heavy atom. The van der Waals surface area contributed by atoms with E-state index in [2.05, 4.69) is 23.9 Å². The number of hydrogen-bond donors (Lipinski definition) is 0. The number of fused-ring (bicyclic) bond motifs is 1. The lowest BCUT2D eigenvalue weighted by Gasteiger charge is -2.23. The van der Waals surface area contributed by atoms with E-state index in [0.717, 1.165) is 24.0 Å². The summed E-state index contributed by atoms with van der Waals surface area (Å²) in [6, 6.07) is 1.80. The molecule has 0 aromatic carbocycles. The van der Waals surface area contributed by atoms with Gasteiger partial charge in [0.2, 0.25) is 5.91 Å². The van der Waals surface area contributed by atoms with E-state index in [9.17, 15) is 9.59 Å². The summed E-state index contributed by atoms with van der Waals surface area (Å²) in [7, 11) is 3.38. The fourth-order valence-electron chi connectivity index (χ4n) is 2.58. The summed E-state index contributed by atoms with van der Waals surface area (Å²) >= 11 is 0. The normalized spacial score (nSPS) is 11.1. The molecular formula is C18H27N5O2. The van der Waals surface area contributed by atoms with Gasteiger partial charge in [-0.05, 0) is 18.4 Å². The van der Waals surface area contributed by atoms with Crippen LogP contribution in [-0.4, -0.2) is 63.6 Å². The maximum Gasteiger partial charge on any atom is 0.255 e. The molecule has 0 saturated carbocycles. The number of carbonyl (C=O) groups is 2.